The minimum Gasteiger partial charge on any atom is -0.352 e. The molecular formula is C33H40FN3O4S. The van der Waals surface area contributed by atoms with Crippen LogP contribution >= 0.6 is 0 Å². The molecule has 3 aromatic rings. The monoisotopic (exact) mass is 593 g/mol. The first-order valence-electron chi connectivity index (χ1n) is 14.6. The lowest BCUT2D eigenvalue weighted by Gasteiger charge is -2.33. The molecule has 0 aromatic heterocycles. The lowest BCUT2D eigenvalue weighted by molar-refractivity contribution is -0.139. The van der Waals surface area contributed by atoms with Gasteiger partial charge in [-0.2, -0.15) is 0 Å². The van der Waals surface area contributed by atoms with Crippen LogP contribution in [0.5, 0.6) is 0 Å². The fourth-order valence-electron chi connectivity index (χ4n) is 5.37. The van der Waals surface area contributed by atoms with E-state index in [0.29, 0.717) is 12.1 Å². The third kappa shape index (κ3) is 7.37. The molecule has 7 nitrogen and oxygen atoms in total. The molecule has 224 valence electrons. The predicted octanol–water partition coefficient (Wildman–Crippen LogP) is 5.76. The molecule has 3 aromatic carbocycles. The van der Waals surface area contributed by atoms with E-state index in [2.05, 4.69) is 5.32 Å². The molecule has 1 saturated carbocycles. The highest BCUT2D eigenvalue weighted by Gasteiger charge is 2.34. The van der Waals surface area contributed by atoms with E-state index in [4.69, 9.17) is 0 Å². The van der Waals surface area contributed by atoms with Gasteiger partial charge in [-0.25, -0.2) is 12.8 Å². The van der Waals surface area contributed by atoms with Crippen molar-refractivity contribution in [3.8, 4) is 0 Å². The van der Waals surface area contributed by atoms with Crippen LogP contribution in [0.15, 0.2) is 77.7 Å². The quantitative estimate of drug-likeness (QED) is 0.306. The van der Waals surface area contributed by atoms with Crippen molar-refractivity contribution in [3.63, 3.8) is 0 Å². The molecule has 0 radical (unpaired) electrons. The van der Waals surface area contributed by atoms with E-state index in [1.807, 2.05) is 26.0 Å². The predicted molar refractivity (Wildman–Crippen MR) is 163 cm³/mol. The van der Waals surface area contributed by atoms with Crippen LogP contribution in [0.1, 0.15) is 62.6 Å². The molecule has 0 spiro atoms. The summed E-state index contributed by atoms with van der Waals surface area (Å²) in [5, 5.41) is 3.06. The van der Waals surface area contributed by atoms with Crippen LogP contribution < -0.4 is 9.62 Å². The third-order valence-corrected chi connectivity index (χ3v) is 9.72. The second-order valence-electron chi connectivity index (χ2n) is 10.9. The van der Waals surface area contributed by atoms with Crippen LogP contribution in [0.4, 0.5) is 10.1 Å². The van der Waals surface area contributed by atoms with E-state index in [9.17, 15) is 22.4 Å². The van der Waals surface area contributed by atoms with Crippen LogP contribution in [-0.2, 0) is 32.6 Å². The van der Waals surface area contributed by atoms with Gasteiger partial charge in [-0.05, 0) is 62.9 Å². The van der Waals surface area contributed by atoms with Gasteiger partial charge in [0.2, 0.25) is 11.8 Å². The topological polar surface area (TPSA) is 86.8 Å². The van der Waals surface area contributed by atoms with Crippen LogP contribution in [0.25, 0.3) is 0 Å². The summed E-state index contributed by atoms with van der Waals surface area (Å²) in [6.07, 6.45) is 5.47. The van der Waals surface area contributed by atoms with Crippen molar-refractivity contribution in [2.45, 2.75) is 82.8 Å². The van der Waals surface area contributed by atoms with Crippen LogP contribution in [-0.4, -0.2) is 43.8 Å². The zero-order valence-electron chi connectivity index (χ0n) is 24.6. The van der Waals surface area contributed by atoms with E-state index in [0.717, 1.165) is 47.5 Å². The van der Waals surface area contributed by atoms with Gasteiger partial charge in [0.15, 0.2) is 0 Å². The smallest absolute Gasteiger partial charge is 0.264 e. The highest BCUT2D eigenvalue weighted by Crippen LogP contribution is 2.28. The summed E-state index contributed by atoms with van der Waals surface area (Å²) in [7, 11) is -4.17. The van der Waals surface area contributed by atoms with Gasteiger partial charge in [-0.1, -0.05) is 80.3 Å². The number of carbonyl (C=O) groups is 2. The summed E-state index contributed by atoms with van der Waals surface area (Å²) in [4.78, 5) is 28.9. The SMILES string of the molecule is CCc1ccccc1N(CC(=O)N(Cc1ccccc1F)[C@@H](C)C(=O)NC1CCCCC1)S(=O)(=O)c1ccc(C)cc1. The number of benzene rings is 3. The first-order chi connectivity index (χ1) is 20.1. The number of amides is 2. The molecule has 9 heteroatoms. The number of aryl methyl sites for hydroxylation is 2. The summed E-state index contributed by atoms with van der Waals surface area (Å²) in [5.41, 5.74) is 2.29. The third-order valence-electron chi connectivity index (χ3n) is 7.95. The Morgan fingerprint density at radius 3 is 2.19 bits per heavy atom. The number of sulfonamides is 1. The van der Waals surface area contributed by atoms with Crippen molar-refractivity contribution in [3.05, 3.63) is 95.3 Å². The number of para-hydroxylation sites is 1. The summed E-state index contributed by atoms with van der Waals surface area (Å²) < 4.78 is 44.0. The average Bonchev–Trinajstić information content (AvgIpc) is 2.99. The van der Waals surface area contributed by atoms with Gasteiger partial charge < -0.3 is 10.2 Å². The molecule has 2 amide bonds. The molecular weight excluding hydrogens is 553 g/mol. The van der Waals surface area contributed by atoms with Crippen molar-refractivity contribution in [2.75, 3.05) is 10.8 Å². The van der Waals surface area contributed by atoms with Gasteiger partial charge in [-0.3, -0.25) is 13.9 Å². The zero-order chi connectivity index (χ0) is 30.3. The number of carbonyl (C=O) groups excluding carboxylic acids is 2. The largest absolute Gasteiger partial charge is 0.352 e. The molecule has 0 bridgehead atoms. The Labute approximate surface area is 248 Å². The molecule has 1 N–H and O–H groups in total. The van der Waals surface area contributed by atoms with E-state index >= 15 is 0 Å². The molecule has 0 heterocycles. The number of nitrogens with one attached hydrogen (secondary N) is 1. The van der Waals surface area contributed by atoms with Crippen LogP contribution in [0.3, 0.4) is 0 Å². The highest BCUT2D eigenvalue weighted by atomic mass is 32.2. The summed E-state index contributed by atoms with van der Waals surface area (Å²) in [6, 6.07) is 18.7. The lowest BCUT2D eigenvalue weighted by atomic mass is 9.95. The van der Waals surface area contributed by atoms with Crippen molar-refractivity contribution in [1.82, 2.24) is 10.2 Å². The molecule has 1 atom stereocenters. The van der Waals surface area contributed by atoms with Gasteiger partial charge in [0.05, 0.1) is 10.6 Å². The average molecular weight is 594 g/mol. The Balaban J connectivity index is 1.71. The maximum absolute atomic E-state index is 14.8. The Kier molecular flexibility index (Phi) is 10.4. The number of hydrogen-bond donors (Lipinski definition) is 1. The van der Waals surface area contributed by atoms with Crippen molar-refractivity contribution >= 4 is 27.5 Å². The summed E-state index contributed by atoms with van der Waals surface area (Å²) >= 11 is 0. The lowest BCUT2D eigenvalue weighted by Crippen LogP contribution is -2.53. The Hall–Kier alpha value is -3.72. The van der Waals surface area contributed by atoms with Crippen molar-refractivity contribution < 1.29 is 22.4 Å². The molecule has 1 aliphatic rings. The van der Waals surface area contributed by atoms with Gasteiger partial charge in [0.25, 0.3) is 10.0 Å². The fraction of sp³-hybridized carbons (Fsp3) is 0.394. The van der Waals surface area contributed by atoms with E-state index < -0.39 is 34.3 Å². The second-order valence-corrected chi connectivity index (χ2v) is 12.8. The summed E-state index contributed by atoms with van der Waals surface area (Å²) in [5.74, 6) is -1.45. The molecule has 4 rings (SSSR count). The Bertz CT molecular complexity index is 1490. The van der Waals surface area contributed by atoms with Gasteiger partial charge in [0, 0.05) is 18.2 Å². The number of rotatable bonds is 11. The number of nitrogens with zero attached hydrogens (tertiary/aromatic N) is 2. The molecule has 1 fully saturated rings. The zero-order valence-corrected chi connectivity index (χ0v) is 25.4. The first kappa shape index (κ1) is 31.2. The van der Waals surface area contributed by atoms with Gasteiger partial charge in [0.1, 0.15) is 18.4 Å². The van der Waals surface area contributed by atoms with Gasteiger partial charge in [-0.15, -0.1) is 0 Å². The van der Waals surface area contributed by atoms with Gasteiger partial charge >= 0.3 is 0 Å². The van der Waals surface area contributed by atoms with Crippen molar-refractivity contribution in [1.29, 1.82) is 0 Å². The first-order valence-corrected chi connectivity index (χ1v) is 16.1. The molecule has 0 aliphatic heterocycles. The minimum absolute atomic E-state index is 0.0222. The van der Waals surface area contributed by atoms with Crippen LogP contribution in [0, 0.1) is 12.7 Å². The molecule has 1 aliphatic carbocycles. The number of anilines is 1. The van der Waals surface area contributed by atoms with E-state index in [1.54, 1.807) is 49.4 Å². The van der Waals surface area contributed by atoms with Crippen LogP contribution in [0.2, 0.25) is 0 Å². The molecule has 0 saturated heterocycles. The number of hydrogen-bond acceptors (Lipinski definition) is 4. The maximum atomic E-state index is 14.8. The number of halogens is 1. The normalized spacial score (nSPS) is 14.7. The van der Waals surface area contributed by atoms with E-state index in [-0.39, 0.29) is 29.0 Å². The standard InChI is InChI=1S/C33H40FN3O4S/c1-4-26-12-9-11-17-31(26)37(42(40,41)29-20-18-24(2)19-21-29)23-32(38)36(22-27-13-8-10-16-30(27)34)25(3)33(39)35-28-14-6-5-7-15-28/h8-13,16-21,25,28H,4-7,14-15,22-23H2,1-3H3,(H,35,39)/t25-/m0/s1. The molecule has 0 unspecified atom stereocenters. The second kappa shape index (κ2) is 14.0. The molecule has 42 heavy (non-hydrogen) atoms. The Morgan fingerprint density at radius 2 is 1.55 bits per heavy atom. The van der Waals surface area contributed by atoms with E-state index in [1.165, 1.54) is 23.1 Å². The Morgan fingerprint density at radius 1 is 0.929 bits per heavy atom. The minimum atomic E-state index is -4.17. The highest BCUT2D eigenvalue weighted by molar-refractivity contribution is 7.92. The summed E-state index contributed by atoms with van der Waals surface area (Å²) in [6.45, 7) is 4.65. The fourth-order valence-corrected chi connectivity index (χ4v) is 6.82. The maximum Gasteiger partial charge on any atom is 0.264 e. The van der Waals surface area contributed by atoms with Crippen molar-refractivity contribution in [2.24, 2.45) is 0 Å².